The number of carbonyl (C=O) groups is 1. The second kappa shape index (κ2) is 6.10. The van der Waals surface area contributed by atoms with Crippen LogP contribution in [0.1, 0.15) is 21.5 Å². The van der Waals surface area contributed by atoms with E-state index in [0.717, 1.165) is 17.4 Å². The number of sulfone groups is 1. The van der Waals surface area contributed by atoms with Gasteiger partial charge in [0.1, 0.15) is 6.61 Å². The van der Waals surface area contributed by atoms with Gasteiger partial charge in [-0.2, -0.15) is 0 Å². The van der Waals surface area contributed by atoms with Gasteiger partial charge < -0.3 is 4.74 Å². The third-order valence-electron chi connectivity index (χ3n) is 3.13. The monoisotopic (exact) mass is 304 g/mol. The first-order chi connectivity index (χ1) is 9.89. The number of ether oxygens (including phenoxy) is 1. The van der Waals surface area contributed by atoms with Gasteiger partial charge in [-0.05, 0) is 30.2 Å². The Kier molecular flexibility index (Phi) is 4.43. The molecule has 110 valence electrons. The molecule has 2 aromatic rings. The Labute approximate surface area is 124 Å². The highest BCUT2D eigenvalue weighted by atomic mass is 32.2. The van der Waals surface area contributed by atoms with Gasteiger partial charge in [0.05, 0.1) is 10.5 Å². The van der Waals surface area contributed by atoms with E-state index in [1.165, 1.54) is 12.1 Å². The minimum absolute atomic E-state index is 0.0141. The summed E-state index contributed by atoms with van der Waals surface area (Å²) in [5, 5.41) is 0. The summed E-state index contributed by atoms with van der Waals surface area (Å²) >= 11 is 0. The first kappa shape index (κ1) is 15.3. The van der Waals surface area contributed by atoms with E-state index in [1.54, 1.807) is 12.1 Å². The van der Waals surface area contributed by atoms with Crippen LogP contribution < -0.4 is 0 Å². The first-order valence-corrected chi connectivity index (χ1v) is 8.29. The van der Waals surface area contributed by atoms with E-state index < -0.39 is 15.8 Å². The zero-order valence-electron chi connectivity index (χ0n) is 11.9. The highest BCUT2D eigenvalue weighted by Crippen LogP contribution is 2.17. The average molecular weight is 304 g/mol. The topological polar surface area (TPSA) is 60.4 Å². The number of hydrogen-bond acceptors (Lipinski definition) is 4. The number of carbonyl (C=O) groups excluding carboxylic acids is 1. The molecule has 0 bridgehead atoms. The summed E-state index contributed by atoms with van der Waals surface area (Å²) in [6.45, 7) is 2.04. The lowest BCUT2D eigenvalue weighted by molar-refractivity contribution is 0.0467. The van der Waals surface area contributed by atoms with Gasteiger partial charge in [-0.1, -0.05) is 36.4 Å². The molecule has 2 aromatic carbocycles. The fourth-order valence-corrected chi connectivity index (χ4v) is 2.83. The van der Waals surface area contributed by atoms with E-state index in [0.29, 0.717) is 0 Å². The lowest BCUT2D eigenvalue weighted by atomic mass is 10.1. The molecule has 2 rings (SSSR count). The Morgan fingerprint density at radius 2 is 1.67 bits per heavy atom. The average Bonchev–Trinajstić information content (AvgIpc) is 2.45. The normalized spacial score (nSPS) is 11.1. The van der Waals surface area contributed by atoms with Gasteiger partial charge in [0.25, 0.3) is 0 Å². The molecule has 0 amide bonds. The van der Waals surface area contributed by atoms with Gasteiger partial charge in [-0.3, -0.25) is 0 Å². The highest BCUT2D eigenvalue weighted by molar-refractivity contribution is 7.90. The first-order valence-electron chi connectivity index (χ1n) is 6.40. The molecule has 0 aliphatic rings. The number of esters is 1. The molecule has 0 aromatic heterocycles. The molecule has 21 heavy (non-hydrogen) atoms. The molecule has 0 N–H and O–H groups in total. The molecule has 0 spiro atoms. The van der Waals surface area contributed by atoms with Crippen molar-refractivity contribution in [2.24, 2.45) is 0 Å². The molecule has 5 heteroatoms. The molecule has 0 saturated heterocycles. The van der Waals surface area contributed by atoms with Crippen LogP contribution in [-0.2, 0) is 21.2 Å². The summed E-state index contributed by atoms with van der Waals surface area (Å²) in [4.78, 5) is 12.1. The predicted molar refractivity (Wildman–Crippen MR) is 79.9 cm³/mol. The predicted octanol–water partition coefficient (Wildman–Crippen LogP) is 2.76. The van der Waals surface area contributed by atoms with Crippen LogP contribution in [0.15, 0.2) is 53.4 Å². The molecule has 0 fully saturated rings. The molecule has 0 atom stereocenters. The Morgan fingerprint density at radius 3 is 2.33 bits per heavy atom. The lowest BCUT2D eigenvalue weighted by Gasteiger charge is -2.09. The van der Waals surface area contributed by atoms with Gasteiger partial charge in [0.15, 0.2) is 9.84 Å². The van der Waals surface area contributed by atoms with E-state index in [2.05, 4.69) is 0 Å². The number of benzene rings is 2. The summed E-state index contributed by atoms with van der Waals surface area (Å²) < 4.78 is 28.6. The SMILES string of the molecule is Cc1ccccc1COC(=O)c1ccccc1S(C)(=O)=O. The molecule has 0 unspecified atom stereocenters. The molecule has 0 heterocycles. The van der Waals surface area contributed by atoms with Gasteiger partial charge in [-0.15, -0.1) is 0 Å². The second-order valence-electron chi connectivity index (χ2n) is 4.77. The zero-order chi connectivity index (χ0) is 15.5. The maximum atomic E-state index is 12.1. The number of aryl methyl sites for hydroxylation is 1. The van der Waals surface area contributed by atoms with Crippen LogP contribution in [0.2, 0.25) is 0 Å². The van der Waals surface area contributed by atoms with Gasteiger partial charge in [0.2, 0.25) is 0 Å². The van der Waals surface area contributed by atoms with Crippen LogP contribution in [0.25, 0.3) is 0 Å². The van der Waals surface area contributed by atoms with Crippen molar-refractivity contribution in [1.29, 1.82) is 0 Å². The molecule has 0 saturated carbocycles. The van der Waals surface area contributed by atoms with Crippen LogP contribution in [0.4, 0.5) is 0 Å². The molecule has 0 aliphatic heterocycles. The Bertz CT molecular complexity index is 763. The van der Waals surface area contributed by atoms with Crippen molar-refractivity contribution in [3.05, 3.63) is 65.2 Å². The summed E-state index contributed by atoms with van der Waals surface area (Å²) in [5.74, 6) is -0.640. The van der Waals surface area contributed by atoms with Crippen molar-refractivity contribution < 1.29 is 17.9 Å². The van der Waals surface area contributed by atoms with Crippen molar-refractivity contribution in [1.82, 2.24) is 0 Å². The van der Waals surface area contributed by atoms with E-state index in [-0.39, 0.29) is 17.1 Å². The minimum atomic E-state index is -3.47. The molecule has 0 radical (unpaired) electrons. The Balaban J connectivity index is 2.21. The van der Waals surface area contributed by atoms with Crippen LogP contribution >= 0.6 is 0 Å². The highest BCUT2D eigenvalue weighted by Gasteiger charge is 2.19. The van der Waals surface area contributed by atoms with Crippen molar-refractivity contribution in [3.63, 3.8) is 0 Å². The van der Waals surface area contributed by atoms with Crippen molar-refractivity contribution in [3.8, 4) is 0 Å². The summed E-state index contributed by atoms with van der Waals surface area (Å²) in [5.41, 5.74) is 1.97. The summed E-state index contributed by atoms with van der Waals surface area (Å²) in [7, 11) is -3.47. The Morgan fingerprint density at radius 1 is 1.05 bits per heavy atom. The minimum Gasteiger partial charge on any atom is -0.457 e. The maximum absolute atomic E-state index is 12.1. The van der Waals surface area contributed by atoms with Gasteiger partial charge in [-0.25, -0.2) is 13.2 Å². The van der Waals surface area contributed by atoms with Gasteiger partial charge >= 0.3 is 5.97 Å². The van der Waals surface area contributed by atoms with Crippen molar-refractivity contribution in [2.75, 3.05) is 6.26 Å². The van der Waals surface area contributed by atoms with E-state index in [1.807, 2.05) is 31.2 Å². The molecular weight excluding hydrogens is 288 g/mol. The summed E-state index contributed by atoms with van der Waals surface area (Å²) in [6, 6.07) is 13.6. The number of rotatable bonds is 4. The quantitative estimate of drug-likeness (QED) is 0.815. The third kappa shape index (κ3) is 3.70. The molecule has 4 nitrogen and oxygen atoms in total. The summed E-state index contributed by atoms with van der Waals surface area (Å²) in [6.07, 6.45) is 1.07. The fraction of sp³-hybridized carbons (Fsp3) is 0.188. The zero-order valence-corrected chi connectivity index (χ0v) is 12.7. The van der Waals surface area contributed by atoms with Crippen LogP contribution in [-0.4, -0.2) is 20.6 Å². The molecular formula is C16H16O4S. The van der Waals surface area contributed by atoms with E-state index in [9.17, 15) is 13.2 Å². The molecule has 0 aliphatic carbocycles. The van der Waals surface area contributed by atoms with Gasteiger partial charge in [0, 0.05) is 6.26 Å². The van der Waals surface area contributed by atoms with Crippen LogP contribution in [0.3, 0.4) is 0 Å². The van der Waals surface area contributed by atoms with E-state index >= 15 is 0 Å². The maximum Gasteiger partial charge on any atom is 0.339 e. The van der Waals surface area contributed by atoms with Crippen molar-refractivity contribution >= 4 is 15.8 Å². The Hall–Kier alpha value is -2.14. The smallest absolute Gasteiger partial charge is 0.339 e. The fourth-order valence-electron chi connectivity index (χ4n) is 1.95. The van der Waals surface area contributed by atoms with Crippen molar-refractivity contribution in [2.45, 2.75) is 18.4 Å². The van der Waals surface area contributed by atoms with E-state index in [4.69, 9.17) is 4.74 Å². The lowest BCUT2D eigenvalue weighted by Crippen LogP contribution is -2.11. The number of hydrogen-bond donors (Lipinski definition) is 0. The largest absolute Gasteiger partial charge is 0.457 e. The standard InChI is InChI=1S/C16H16O4S/c1-12-7-3-4-8-13(12)11-20-16(17)14-9-5-6-10-15(14)21(2,18)19/h3-10H,11H2,1-2H3. The van der Waals surface area contributed by atoms with Crippen LogP contribution in [0.5, 0.6) is 0 Å². The second-order valence-corrected chi connectivity index (χ2v) is 6.76. The third-order valence-corrected chi connectivity index (χ3v) is 4.28. The van der Waals surface area contributed by atoms with Crippen LogP contribution in [0, 0.1) is 6.92 Å².